The Morgan fingerprint density at radius 3 is 2.75 bits per heavy atom. The number of hydrogen-bond donors (Lipinski definition) is 1. The third-order valence-electron chi connectivity index (χ3n) is 6.02. The van der Waals surface area contributed by atoms with Crippen LogP contribution in [0.2, 0.25) is 10.0 Å². The average Bonchev–Trinajstić information content (AvgIpc) is 3.19. The van der Waals surface area contributed by atoms with Crippen LogP contribution in [-0.4, -0.2) is 51.3 Å². The molecule has 1 aliphatic heterocycles. The number of rotatable bonds is 6. The number of aromatic nitrogens is 2. The van der Waals surface area contributed by atoms with Crippen molar-refractivity contribution < 1.29 is 19.0 Å². The highest BCUT2D eigenvalue weighted by Crippen LogP contribution is 2.38. The molecule has 1 fully saturated rings. The van der Waals surface area contributed by atoms with Gasteiger partial charge in [0, 0.05) is 40.9 Å². The van der Waals surface area contributed by atoms with Gasteiger partial charge in [0.25, 0.3) is 0 Å². The molecule has 0 radical (unpaired) electrons. The number of pyridine rings is 1. The predicted octanol–water partition coefficient (Wildman–Crippen LogP) is 6.66. The van der Waals surface area contributed by atoms with Crippen molar-refractivity contribution in [2.75, 3.05) is 19.7 Å². The number of carboxylic acid groups (broad SMARTS) is 1. The van der Waals surface area contributed by atoms with Crippen molar-refractivity contribution in [3.8, 4) is 11.3 Å². The molecule has 2 aromatic heterocycles. The number of thioether (sulfide) groups is 1. The van der Waals surface area contributed by atoms with Gasteiger partial charge in [-0.3, -0.25) is 0 Å². The molecule has 1 saturated heterocycles. The minimum atomic E-state index is -0.994. The van der Waals surface area contributed by atoms with Crippen molar-refractivity contribution in [2.45, 2.75) is 23.2 Å². The summed E-state index contributed by atoms with van der Waals surface area (Å²) in [6.07, 6.45) is 0.678. The molecule has 186 valence electrons. The van der Waals surface area contributed by atoms with Gasteiger partial charge in [-0.2, -0.15) is 0 Å². The molecule has 1 atom stereocenters. The Labute approximate surface area is 221 Å². The van der Waals surface area contributed by atoms with E-state index in [4.69, 9.17) is 27.9 Å². The van der Waals surface area contributed by atoms with Crippen LogP contribution in [0.5, 0.6) is 0 Å². The number of amides is 1. The molecular weight excluding hydrogens is 524 g/mol. The molecule has 0 saturated carbocycles. The van der Waals surface area contributed by atoms with E-state index in [-0.39, 0.29) is 23.7 Å². The highest BCUT2D eigenvalue weighted by Gasteiger charge is 2.28. The van der Waals surface area contributed by atoms with Gasteiger partial charge in [-0.05, 0) is 23.8 Å². The second-order valence-electron chi connectivity index (χ2n) is 8.44. The van der Waals surface area contributed by atoms with E-state index in [0.29, 0.717) is 45.7 Å². The quantitative estimate of drug-likeness (QED) is 0.274. The second-order valence-corrected chi connectivity index (χ2v) is 10.3. The number of morpholine rings is 1. The van der Waals surface area contributed by atoms with Gasteiger partial charge in [0.2, 0.25) is 0 Å². The summed E-state index contributed by atoms with van der Waals surface area (Å²) in [6.45, 7) is 0.808. The molecule has 36 heavy (non-hydrogen) atoms. The van der Waals surface area contributed by atoms with E-state index in [0.717, 1.165) is 5.56 Å². The largest absolute Gasteiger partial charge is 0.465 e. The molecule has 3 heterocycles. The van der Waals surface area contributed by atoms with Gasteiger partial charge in [0.1, 0.15) is 11.5 Å². The van der Waals surface area contributed by atoms with Gasteiger partial charge in [-0.15, -0.1) is 11.8 Å². The maximum Gasteiger partial charge on any atom is 0.407 e. The topological polar surface area (TPSA) is 67.1 Å². The lowest BCUT2D eigenvalue weighted by molar-refractivity contribution is -0.0214. The third kappa shape index (κ3) is 5.32. The Balaban J connectivity index is 1.50. The van der Waals surface area contributed by atoms with Crippen LogP contribution in [0, 0.1) is 5.82 Å². The van der Waals surface area contributed by atoms with Crippen LogP contribution in [0.3, 0.4) is 0 Å². The highest BCUT2D eigenvalue weighted by atomic mass is 35.5. The Bertz CT molecular complexity index is 1390. The molecule has 0 unspecified atom stereocenters. The lowest BCUT2D eigenvalue weighted by Gasteiger charge is -2.31. The minimum Gasteiger partial charge on any atom is -0.465 e. The summed E-state index contributed by atoms with van der Waals surface area (Å²) in [5.41, 5.74) is 2.92. The molecule has 10 heteroatoms. The monoisotopic (exact) mass is 545 g/mol. The first-order valence-electron chi connectivity index (χ1n) is 11.3. The zero-order valence-corrected chi connectivity index (χ0v) is 21.4. The summed E-state index contributed by atoms with van der Waals surface area (Å²) in [5.74, 6) is 0.207. The summed E-state index contributed by atoms with van der Waals surface area (Å²) < 4.78 is 23.2. The lowest BCUT2D eigenvalue weighted by atomic mass is 10.0. The van der Waals surface area contributed by atoms with Gasteiger partial charge in [0.15, 0.2) is 0 Å². The number of carbonyl (C=O) groups is 1. The molecule has 0 aliphatic carbocycles. The fourth-order valence-corrected chi connectivity index (χ4v) is 5.73. The standard InChI is InChI=1S/C26H22Cl2FN3O3S/c27-17-6-7-32-22(11-18-14-31(26(33)34)8-9-35-18)25(30-23(32)10-17)24-20(28)12-19(13-21(24)29)36-15-16-4-2-1-3-5-16/h1-7,10,12-13,18H,8-9,11,14-15H2,(H,33,34)/t18-/m0/s1. The molecule has 2 aromatic carbocycles. The number of nitrogens with zero attached hydrogens (tertiary/aromatic N) is 3. The van der Waals surface area contributed by atoms with E-state index in [9.17, 15) is 9.90 Å². The summed E-state index contributed by atoms with van der Waals surface area (Å²) >= 11 is 14.3. The molecule has 6 nitrogen and oxygen atoms in total. The fourth-order valence-electron chi connectivity index (χ4n) is 4.30. The normalized spacial score (nSPS) is 16.0. The van der Waals surface area contributed by atoms with Gasteiger partial charge in [0.05, 0.1) is 41.2 Å². The Hall–Kier alpha value is -2.78. The number of benzene rings is 2. The van der Waals surface area contributed by atoms with Crippen molar-refractivity contribution in [1.82, 2.24) is 14.3 Å². The molecule has 0 bridgehead atoms. The van der Waals surface area contributed by atoms with Crippen LogP contribution in [0.4, 0.5) is 9.18 Å². The Morgan fingerprint density at radius 2 is 2.00 bits per heavy atom. The van der Waals surface area contributed by atoms with Crippen LogP contribution >= 0.6 is 35.0 Å². The summed E-state index contributed by atoms with van der Waals surface area (Å²) in [5, 5.41) is 10.1. The molecular formula is C26H22Cl2FN3O3S. The smallest absolute Gasteiger partial charge is 0.407 e. The molecule has 1 N–H and O–H groups in total. The van der Waals surface area contributed by atoms with Crippen LogP contribution in [-0.2, 0) is 16.9 Å². The Kier molecular flexibility index (Phi) is 7.39. The number of halogens is 3. The predicted molar refractivity (Wildman–Crippen MR) is 140 cm³/mol. The van der Waals surface area contributed by atoms with Gasteiger partial charge in [-0.1, -0.05) is 53.5 Å². The number of fused-ring (bicyclic) bond motifs is 1. The van der Waals surface area contributed by atoms with E-state index < -0.39 is 18.0 Å². The molecule has 1 aliphatic rings. The number of hydrogen-bond acceptors (Lipinski definition) is 4. The number of ether oxygens (including phenoxy) is 1. The van der Waals surface area contributed by atoms with Gasteiger partial charge in [-0.25, -0.2) is 14.2 Å². The summed E-state index contributed by atoms with van der Waals surface area (Å²) in [4.78, 5) is 18.2. The zero-order chi connectivity index (χ0) is 25.2. The summed E-state index contributed by atoms with van der Waals surface area (Å²) in [6, 6.07) is 16.6. The van der Waals surface area contributed by atoms with Crippen LogP contribution in [0.15, 0.2) is 65.7 Å². The first kappa shape index (κ1) is 24.9. The molecule has 0 spiro atoms. The highest BCUT2D eigenvalue weighted by molar-refractivity contribution is 7.98. The van der Waals surface area contributed by atoms with Crippen molar-refractivity contribution in [2.24, 2.45) is 0 Å². The first-order chi connectivity index (χ1) is 17.4. The minimum absolute atomic E-state index is 0.196. The van der Waals surface area contributed by atoms with Crippen molar-refractivity contribution >= 4 is 46.7 Å². The lowest BCUT2D eigenvalue weighted by Crippen LogP contribution is -2.45. The molecule has 5 rings (SSSR count). The van der Waals surface area contributed by atoms with Gasteiger partial charge < -0.3 is 19.1 Å². The van der Waals surface area contributed by atoms with E-state index in [1.165, 1.54) is 22.7 Å². The van der Waals surface area contributed by atoms with E-state index in [2.05, 4.69) is 4.98 Å². The fraction of sp³-hybridized carbons (Fsp3) is 0.231. The average molecular weight is 546 g/mol. The van der Waals surface area contributed by atoms with E-state index in [1.54, 1.807) is 24.4 Å². The van der Waals surface area contributed by atoms with Crippen molar-refractivity contribution in [3.63, 3.8) is 0 Å². The maximum atomic E-state index is 15.6. The van der Waals surface area contributed by atoms with E-state index >= 15 is 4.39 Å². The molecule has 4 aromatic rings. The van der Waals surface area contributed by atoms with Crippen LogP contribution in [0.25, 0.3) is 16.9 Å². The summed E-state index contributed by atoms with van der Waals surface area (Å²) in [7, 11) is 0. The maximum absolute atomic E-state index is 15.6. The Morgan fingerprint density at radius 1 is 1.19 bits per heavy atom. The second kappa shape index (κ2) is 10.7. The first-order valence-corrected chi connectivity index (χ1v) is 13.1. The van der Waals surface area contributed by atoms with Gasteiger partial charge >= 0.3 is 6.09 Å². The molecule has 1 amide bonds. The van der Waals surface area contributed by atoms with Crippen LogP contribution < -0.4 is 0 Å². The van der Waals surface area contributed by atoms with E-state index in [1.807, 2.05) is 34.7 Å². The SMILES string of the molecule is O=C(O)N1CCO[C@@H](Cc2c(-c3c(F)cc(SCc4ccccc4)cc3Cl)nc3cc(Cl)ccn23)C1. The van der Waals surface area contributed by atoms with Crippen molar-refractivity contribution in [3.05, 3.63) is 87.9 Å². The van der Waals surface area contributed by atoms with Crippen LogP contribution in [0.1, 0.15) is 11.3 Å². The third-order valence-corrected chi connectivity index (χ3v) is 7.60. The zero-order valence-electron chi connectivity index (χ0n) is 19.0. The number of imidazole rings is 1. The van der Waals surface area contributed by atoms with Crippen molar-refractivity contribution in [1.29, 1.82) is 0 Å².